The van der Waals surface area contributed by atoms with Crippen molar-refractivity contribution in [2.24, 2.45) is 5.41 Å². The van der Waals surface area contributed by atoms with Gasteiger partial charge in [0.25, 0.3) is 0 Å². The van der Waals surface area contributed by atoms with E-state index in [0.29, 0.717) is 0 Å². The van der Waals surface area contributed by atoms with Gasteiger partial charge in [0.15, 0.2) is 0 Å². The van der Waals surface area contributed by atoms with Crippen molar-refractivity contribution >= 4 is 22.6 Å². The molecule has 100 valence electrons. The smallest absolute Gasteiger partial charge is 0.235 e. The van der Waals surface area contributed by atoms with Crippen LogP contribution in [0.25, 0.3) is 11.0 Å². The molecule has 0 atom stereocenters. The maximum atomic E-state index is 12.3. The highest BCUT2D eigenvalue weighted by atomic mass is 16.3. The molecule has 5 nitrogen and oxygen atoms in total. The molecule has 1 amide bonds. The quantitative estimate of drug-likeness (QED) is 0.879. The fraction of sp³-hybridized carbons (Fsp3) is 0.429. The number of nitrogens with one attached hydrogen (secondary N) is 1. The van der Waals surface area contributed by atoms with E-state index < -0.39 is 5.41 Å². The fourth-order valence-electron chi connectivity index (χ4n) is 2.40. The maximum Gasteiger partial charge on any atom is 0.235 e. The van der Waals surface area contributed by atoms with Gasteiger partial charge in [-0.1, -0.05) is 0 Å². The molecule has 1 aliphatic carbocycles. The van der Waals surface area contributed by atoms with E-state index >= 15 is 0 Å². The van der Waals surface area contributed by atoms with Crippen molar-refractivity contribution in [1.82, 2.24) is 9.97 Å². The molecule has 1 heterocycles. The molecule has 1 aliphatic rings. The molecular formula is C14H17N3O2. The summed E-state index contributed by atoms with van der Waals surface area (Å²) in [6.07, 6.45) is 1.55. The summed E-state index contributed by atoms with van der Waals surface area (Å²) in [5.74, 6) is 0.848. The molecule has 0 radical (unpaired) electrons. The number of aliphatic hydroxyl groups excluding tert-OH is 1. The topological polar surface area (TPSA) is 69.2 Å². The number of aliphatic hydroxyl groups is 1. The number of nitrogens with zero attached hydrogens (tertiary/aromatic N) is 2. The van der Waals surface area contributed by atoms with E-state index in [2.05, 4.69) is 9.97 Å². The number of benzene rings is 1. The highest BCUT2D eigenvalue weighted by molar-refractivity contribution is 6.00. The molecule has 0 bridgehead atoms. The van der Waals surface area contributed by atoms with Crippen molar-refractivity contribution in [1.29, 1.82) is 0 Å². The summed E-state index contributed by atoms with van der Waals surface area (Å²) in [6.45, 7) is 1.83. The Morgan fingerprint density at radius 2 is 2.26 bits per heavy atom. The zero-order valence-electron chi connectivity index (χ0n) is 11.1. The first-order valence-corrected chi connectivity index (χ1v) is 6.41. The zero-order chi connectivity index (χ0) is 13.6. The number of hydrogen-bond acceptors (Lipinski definition) is 3. The Hall–Kier alpha value is -1.88. The molecule has 0 aliphatic heterocycles. The lowest BCUT2D eigenvalue weighted by Gasteiger charge is -2.22. The molecule has 1 fully saturated rings. The van der Waals surface area contributed by atoms with E-state index in [1.54, 1.807) is 11.9 Å². The van der Waals surface area contributed by atoms with Crippen LogP contribution in [0, 0.1) is 12.3 Å². The van der Waals surface area contributed by atoms with E-state index in [-0.39, 0.29) is 12.5 Å². The molecule has 1 aromatic heterocycles. The number of rotatable bonds is 3. The number of fused-ring (bicyclic) bond motifs is 1. The normalized spacial score (nSPS) is 16.6. The Kier molecular flexibility index (Phi) is 2.60. The van der Waals surface area contributed by atoms with Crippen LogP contribution in [0.4, 0.5) is 5.69 Å². The molecule has 5 heteroatoms. The van der Waals surface area contributed by atoms with Crippen LogP contribution in [0.1, 0.15) is 18.7 Å². The number of aromatic nitrogens is 2. The van der Waals surface area contributed by atoms with E-state index in [4.69, 9.17) is 0 Å². The average Bonchev–Trinajstić information content (AvgIpc) is 3.12. The fourth-order valence-corrected chi connectivity index (χ4v) is 2.40. The van der Waals surface area contributed by atoms with E-state index in [1.807, 2.05) is 25.1 Å². The van der Waals surface area contributed by atoms with Gasteiger partial charge in [-0.15, -0.1) is 0 Å². The van der Waals surface area contributed by atoms with Crippen LogP contribution in [0.15, 0.2) is 18.2 Å². The second-order valence-electron chi connectivity index (χ2n) is 5.33. The van der Waals surface area contributed by atoms with E-state index in [1.165, 1.54) is 0 Å². The Balaban J connectivity index is 1.93. The van der Waals surface area contributed by atoms with E-state index in [0.717, 1.165) is 35.4 Å². The Bertz CT molecular complexity index is 643. The van der Waals surface area contributed by atoms with Gasteiger partial charge in [-0.05, 0) is 38.0 Å². The van der Waals surface area contributed by atoms with Gasteiger partial charge in [0.1, 0.15) is 5.82 Å². The number of aromatic amines is 1. The SMILES string of the molecule is Cc1nc2ccc(N(C)C(=O)C3(CO)CC3)cc2[nH]1. The molecule has 0 spiro atoms. The predicted octanol–water partition coefficient (Wildman–Crippen LogP) is 1.61. The summed E-state index contributed by atoms with van der Waals surface area (Å²) in [7, 11) is 1.75. The van der Waals surface area contributed by atoms with Gasteiger partial charge in [-0.25, -0.2) is 4.98 Å². The first-order valence-electron chi connectivity index (χ1n) is 6.41. The molecule has 1 saturated carbocycles. The van der Waals surface area contributed by atoms with Crippen LogP contribution in [0.5, 0.6) is 0 Å². The van der Waals surface area contributed by atoms with Crippen molar-refractivity contribution in [2.75, 3.05) is 18.6 Å². The number of imidazole rings is 1. The molecule has 1 aromatic carbocycles. The minimum Gasteiger partial charge on any atom is -0.395 e. The molecule has 0 saturated heterocycles. The predicted molar refractivity (Wildman–Crippen MR) is 73.0 cm³/mol. The number of hydrogen-bond donors (Lipinski definition) is 2. The number of amides is 1. The maximum absolute atomic E-state index is 12.3. The number of H-pyrrole nitrogens is 1. The summed E-state index contributed by atoms with van der Waals surface area (Å²) in [4.78, 5) is 21.5. The van der Waals surface area contributed by atoms with Crippen molar-refractivity contribution < 1.29 is 9.90 Å². The third-order valence-corrected chi connectivity index (χ3v) is 3.89. The van der Waals surface area contributed by atoms with Gasteiger partial charge >= 0.3 is 0 Å². The minimum atomic E-state index is -0.534. The first-order chi connectivity index (χ1) is 9.05. The van der Waals surface area contributed by atoms with Crippen molar-refractivity contribution in [2.45, 2.75) is 19.8 Å². The number of aryl methyl sites for hydroxylation is 1. The lowest BCUT2D eigenvalue weighted by Crippen LogP contribution is -2.36. The average molecular weight is 259 g/mol. The minimum absolute atomic E-state index is 0.00872. The number of anilines is 1. The highest BCUT2D eigenvalue weighted by Gasteiger charge is 2.50. The standard InChI is InChI=1S/C14H17N3O2/c1-9-15-11-4-3-10(7-12(11)16-9)17(2)13(19)14(8-18)5-6-14/h3-4,7,18H,5-6,8H2,1-2H3,(H,15,16). The third kappa shape index (κ3) is 1.90. The van der Waals surface area contributed by atoms with Crippen LogP contribution in [-0.4, -0.2) is 34.6 Å². The van der Waals surface area contributed by atoms with Crippen molar-refractivity contribution in [3.63, 3.8) is 0 Å². The molecule has 2 aromatic rings. The summed E-state index contributed by atoms with van der Waals surface area (Å²) < 4.78 is 0. The summed E-state index contributed by atoms with van der Waals surface area (Å²) >= 11 is 0. The summed E-state index contributed by atoms with van der Waals surface area (Å²) in [5.41, 5.74) is 2.10. The molecule has 2 N–H and O–H groups in total. The Morgan fingerprint density at radius 3 is 2.89 bits per heavy atom. The molecular weight excluding hydrogens is 242 g/mol. The van der Waals surface area contributed by atoms with Gasteiger partial charge in [-0.2, -0.15) is 0 Å². The number of carbonyl (C=O) groups excluding carboxylic acids is 1. The lowest BCUT2D eigenvalue weighted by molar-refractivity contribution is -0.124. The largest absolute Gasteiger partial charge is 0.395 e. The summed E-state index contributed by atoms with van der Waals surface area (Å²) in [6, 6.07) is 5.70. The van der Waals surface area contributed by atoms with Gasteiger partial charge in [-0.3, -0.25) is 4.79 Å². The molecule has 3 rings (SSSR count). The van der Waals surface area contributed by atoms with Crippen LogP contribution in [-0.2, 0) is 4.79 Å². The third-order valence-electron chi connectivity index (χ3n) is 3.89. The van der Waals surface area contributed by atoms with Gasteiger partial charge in [0.05, 0.1) is 23.1 Å². The Labute approximate surface area is 111 Å². The molecule has 19 heavy (non-hydrogen) atoms. The zero-order valence-corrected chi connectivity index (χ0v) is 11.1. The molecule has 0 unspecified atom stereocenters. The first kappa shape index (κ1) is 12.2. The van der Waals surface area contributed by atoms with Crippen LogP contribution in [0.3, 0.4) is 0 Å². The number of carbonyl (C=O) groups is 1. The van der Waals surface area contributed by atoms with Gasteiger partial charge < -0.3 is 15.0 Å². The van der Waals surface area contributed by atoms with Gasteiger partial charge in [0.2, 0.25) is 5.91 Å². The monoisotopic (exact) mass is 259 g/mol. The second kappa shape index (κ2) is 4.06. The summed E-state index contributed by atoms with van der Waals surface area (Å²) in [5, 5.41) is 9.33. The van der Waals surface area contributed by atoms with Crippen LogP contribution >= 0.6 is 0 Å². The van der Waals surface area contributed by atoms with Gasteiger partial charge in [0, 0.05) is 12.7 Å². The van der Waals surface area contributed by atoms with E-state index in [9.17, 15) is 9.90 Å². The highest BCUT2D eigenvalue weighted by Crippen LogP contribution is 2.47. The Morgan fingerprint density at radius 1 is 1.53 bits per heavy atom. The van der Waals surface area contributed by atoms with Crippen molar-refractivity contribution in [3.8, 4) is 0 Å². The lowest BCUT2D eigenvalue weighted by atomic mass is 10.1. The van der Waals surface area contributed by atoms with Crippen LogP contribution in [0.2, 0.25) is 0 Å². The van der Waals surface area contributed by atoms with Crippen LogP contribution < -0.4 is 4.90 Å². The van der Waals surface area contributed by atoms with Crippen molar-refractivity contribution in [3.05, 3.63) is 24.0 Å². The second-order valence-corrected chi connectivity index (χ2v) is 5.33.